The highest BCUT2D eigenvalue weighted by atomic mass is 35.5. The summed E-state index contributed by atoms with van der Waals surface area (Å²) in [6.45, 7) is 2.82. The van der Waals surface area contributed by atoms with E-state index in [1.807, 2.05) is 42.5 Å². The third-order valence-electron chi connectivity index (χ3n) is 3.35. The highest BCUT2D eigenvalue weighted by molar-refractivity contribution is 7.16. The van der Waals surface area contributed by atoms with Gasteiger partial charge in [0.05, 0.1) is 10.4 Å². The fourth-order valence-corrected chi connectivity index (χ4v) is 3.40. The van der Waals surface area contributed by atoms with Gasteiger partial charge in [-0.3, -0.25) is 4.79 Å². The first-order valence-electron chi connectivity index (χ1n) is 6.86. The molecule has 1 aromatic heterocycles. The lowest BCUT2D eigenvalue weighted by atomic mass is 10.1. The van der Waals surface area contributed by atoms with Crippen LogP contribution in [-0.2, 0) is 4.79 Å². The Bertz CT molecular complexity index is 585. The van der Waals surface area contributed by atoms with Gasteiger partial charge in [-0.2, -0.15) is 0 Å². The molecular formula is C16H18ClNO2S. The van der Waals surface area contributed by atoms with Gasteiger partial charge in [-0.15, -0.1) is 11.3 Å². The number of benzene rings is 1. The number of hydrogen-bond donors (Lipinski definition) is 1. The highest BCUT2D eigenvalue weighted by Crippen LogP contribution is 2.33. The molecule has 0 fully saturated rings. The average Bonchev–Trinajstić information content (AvgIpc) is 2.90. The van der Waals surface area contributed by atoms with E-state index in [0.29, 0.717) is 13.0 Å². The lowest BCUT2D eigenvalue weighted by Crippen LogP contribution is -2.27. The number of aliphatic carboxylic acids is 1. The maximum Gasteiger partial charge on any atom is 0.303 e. The zero-order valence-electron chi connectivity index (χ0n) is 11.8. The largest absolute Gasteiger partial charge is 0.481 e. The molecule has 0 amide bonds. The Balaban J connectivity index is 2.16. The van der Waals surface area contributed by atoms with Crippen molar-refractivity contribution >= 4 is 34.6 Å². The number of hydrogen-bond acceptors (Lipinski definition) is 3. The van der Waals surface area contributed by atoms with E-state index in [1.165, 1.54) is 4.88 Å². The van der Waals surface area contributed by atoms with Crippen LogP contribution in [0.2, 0.25) is 4.34 Å². The van der Waals surface area contributed by atoms with Crippen LogP contribution in [-0.4, -0.2) is 17.6 Å². The molecule has 3 nitrogen and oxygen atoms in total. The Morgan fingerprint density at radius 3 is 2.57 bits per heavy atom. The maximum absolute atomic E-state index is 10.7. The predicted octanol–water partition coefficient (Wildman–Crippen LogP) is 4.83. The van der Waals surface area contributed by atoms with Crippen molar-refractivity contribution in [1.29, 1.82) is 0 Å². The normalized spacial score (nSPS) is 12.1. The molecule has 0 aliphatic rings. The fraction of sp³-hybridized carbons (Fsp3) is 0.312. The summed E-state index contributed by atoms with van der Waals surface area (Å²) in [5.74, 6) is -0.755. The lowest BCUT2D eigenvalue weighted by Gasteiger charge is -2.30. The zero-order chi connectivity index (χ0) is 15.2. The van der Waals surface area contributed by atoms with Crippen molar-refractivity contribution in [1.82, 2.24) is 0 Å². The molecule has 112 valence electrons. The predicted molar refractivity (Wildman–Crippen MR) is 88.4 cm³/mol. The van der Waals surface area contributed by atoms with Crippen LogP contribution in [0, 0.1) is 0 Å². The number of thiophene rings is 1. The topological polar surface area (TPSA) is 40.5 Å². The molecule has 0 bridgehead atoms. The van der Waals surface area contributed by atoms with Crippen LogP contribution in [0.1, 0.15) is 30.7 Å². The van der Waals surface area contributed by atoms with E-state index < -0.39 is 5.97 Å². The third kappa shape index (κ3) is 4.48. The van der Waals surface area contributed by atoms with E-state index in [9.17, 15) is 4.79 Å². The number of halogens is 1. The first-order chi connectivity index (χ1) is 10.1. The van der Waals surface area contributed by atoms with Gasteiger partial charge in [-0.25, -0.2) is 0 Å². The second kappa shape index (κ2) is 7.48. The summed E-state index contributed by atoms with van der Waals surface area (Å²) in [5, 5.41) is 8.82. The number of carboxylic acids is 1. The van der Waals surface area contributed by atoms with Crippen LogP contribution in [0.15, 0.2) is 42.5 Å². The monoisotopic (exact) mass is 323 g/mol. The van der Waals surface area contributed by atoms with Gasteiger partial charge in [-0.05, 0) is 37.6 Å². The van der Waals surface area contributed by atoms with Gasteiger partial charge in [0, 0.05) is 23.5 Å². The number of rotatable bonds is 7. The lowest BCUT2D eigenvalue weighted by molar-refractivity contribution is -0.137. The van der Waals surface area contributed by atoms with Gasteiger partial charge in [0.2, 0.25) is 0 Å². The van der Waals surface area contributed by atoms with Gasteiger partial charge < -0.3 is 10.0 Å². The first kappa shape index (κ1) is 15.9. The molecule has 0 saturated carbocycles. The van der Waals surface area contributed by atoms with Crippen LogP contribution in [0.4, 0.5) is 5.69 Å². The van der Waals surface area contributed by atoms with Crippen LogP contribution in [0.3, 0.4) is 0 Å². The second-order valence-corrected chi connectivity index (χ2v) is 6.59. The van der Waals surface area contributed by atoms with Crippen molar-refractivity contribution in [2.45, 2.75) is 25.8 Å². The summed E-state index contributed by atoms with van der Waals surface area (Å²) in [7, 11) is 0. The molecule has 1 aromatic carbocycles. The summed E-state index contributed by atoms with van der Waals surface area (Å²) in [6.07, 6.45) is 0.801. The number of nitrogens with zero attached hydrogens (tertiary/aromatic N) is 1. The highest BCUT2D eigenvalue weighted by Gasteiger charge is 2.18. The zero-order valence-corrected chi connectivity index (χ0v) is 13.4. The van der Waals surface area contributed by atoms with Gasteiger partial charge >= 0.3 is 5.97 Å². The van der Waals surface area contributed by atoms with Crippen LogP contribution < -0.4 is 4.90 Å². The van der Waals surface area contributed by atoms with Gasteiger partial charge in [-0.1, -0.05) is 29.8 Å². The molecule has 2 rings (SSSR count). The van der Waals surface area contributed by atoms with Crippen molar-refractivity contribution < 1.29 is 9.90 Å². The van der Waals surface area contributed by atoms with Crippen LogP contribution in [0.5, 0.6) is 0 Å². The minimum absolute atomic E-state index is 0.165. The number of carbonyl (C=O) groups is 1. The summed E-state index contributed by atoms with van der Waals surface area (Å²) in [5.41, 5.74) is 1.10. The Hall–Kier alpha value is -1.52. The van der Waals surface area contributed by atoms with Crippen molar-refractivity contribution in [3.63, 3.8) is 0 Å². The Morgan fingerprint density at radius 2 is 2.00 bits per heavy atom. The smallest absolute Gasteiger partial charge is 0.303 e. The van der Waals surface area contributed by atoms with Crippen molar-refractivity contribution in [2.24, 2.45) is 0 Å². The van der Waals surface area contributed by atoms with Crippen LogP contribution in [0.25, 0.3) is 0 Å². The van der Waals surface area contributed by atoms with Crippen LogP contribution >= 0.6 is 22.9 Å². The minimum Gasteiger partial charge on any atom is -0.481 e. The molecule has 1 heterocycles. The summed E-state index contributed by atoms with van der Waals surface area (Å²) in [4.78, 5) is 14.1. The summed E-state index contributed by atoms with van der Waals surface area (Å²) >= 11 is 7.59. The van der Waals surface area contributed by atoms with Crippen molar-refractivity contribution in [3.05, 3.63) is 51.7 Å². The quantitative estimate of drug-likeness (QED) is 0.793. The fourth-order valence-electron chi connectivity index (χ4n) is 2.27. The summed E-state index contributed by atoms with van der Waals surface area (Å²) < 4.78 is 0.774. The van der Waals surface area contributed by atoms with Gasteiger partial charge in [0.25, 0.3) is 0 Å². The van der Waals surface area contributed by atoms with E-state index >= 15 is 0 Å². The third-order valence-corrected chi connectivity index (χ3v) is 4.75. The molecule has 0 spiro atoms. The molecule has 0 aliphatic carbocycles. The molecule has 0 saturated heterocycles. The van der Waals surface area contributed by atoms with Gasteiger partial charge in [0.1, 0.15) is 0 Å². The summed E-state index contributed by atoms with van der Waals surface area (Å²) in [6, 6.07) is 14.2. The molecule has 21 heavy (non-hydrogen) atoms. The number of carboxylic acid groups (broad SMARTS) is 1. The van der Waals surface area contributed by atoms with E-state index in [4.69, 9.17) is 16.7 Å². The molecule has 1 atom stereocenters. The molecule has 1 unspecified atom stereocenters. The van der Waals surface area contributed by atoms with E-state index in [2.05, 4.69) is 11.8 Å². The first-order valence-corrected chi connectivity index (χ1v) is 8.06. The Labute approximate surface area is 133 Å². The van der Waals surface area contributed by atoms with Crippen molar-refractivity contribution in [3.8, 4) is 0 Å². The molecule has 2 aromatic rings. The molecule has 1 N–H and O–H groups in total. The minimum atomic E-state index is -0.755. The van der Waals surface area contributed by atoms with E-state index in [0.717, 1.165) is 10.0 Å². The average molecular weight is 324 g/mol. The van der Waals surface area contributed by atoms with E-state index in [1.54, 1.807) is 11.3 Å². The number of anilines is 1. The second-order valence-electron chi connectivity index (χ2n) is 4.84. The Morgan fingerprint density at radius 1 is 1.29 bits per heavy atom. The number of para-hydroxylation sites is 1. The van der Waals surface area contributed by atoms with Gasteiger partial charge in [0.15, 0.2) is 0 Å². The Kier molecular flexibility index (Phi) is 5.65. The molecule has 0 radical (unpaired) electrons. The molecule has 5 heteroatoms. The standard InChI is InChI=1S/C16H18ClNO2S/c1-12(14-9-10-15(17)21-14)18(11-5-8-16(19)20)13-6-3-2-4-7-13/h2-4,6-7,9-10,12H,5,8,11H2,1H3,(H,19,20). The van der Waals surface area contributed by atoms with E-state index in [-0.39, 0.29) is 12.5 Å². The SMILES string of the molecule is CC(c1ccc(Cl)s1)N(CCCC(=O)O)c1ccccc1. The maximum atomic E-state index is 10.7. The molecule has 0 aliphatic heterocycles. The molecular weight excluding hydrogens is 306 g/mol. The van der Waals surface area contributed by atoms with Crippen molar-refractivity contribution in [2.75, 3.05) is 11.4 Å².